The molecule has 1 fully saturated rings. The third-order valence-corrected chi connectivity index (χ3v) is 5.26. The molecule has 0 aliphatic heterocycles. The van der Waals surface area contributed by atoms with E-state index in [-0.39, 0.29) is 22.6 Å². The van der Waals surface area contributed by atoms with Crippen LogP contribution in [0.3, 0.4) is 0 Å². The van der Waals surface area contributed by atoms with Gasteiger partial charge in [0.1, 0.15) is 11.9 Å². The number of aryl methyl sites for hydroxylation is 1. The van der Waals surface area contributed by atoms with E-state index >= 15 is 0 Å². The number of benzene rings is 1. The molecule has 170 valence electrons. The van der Waals surface area contributed by atoms with Crippen LogP contribution in [0.25, 0.3) is 10.8 Å². The molecule has 0 amide bonds. The molecule has 2 aromatic heterocycles. The van der Waals surface area contributed by atoms with Crippen molar-refractivity contribution in [3.05, 3.63) is 68.1 Å². The minimum absolute atomic E-state index is 0.0256. The Morgan fingerprint density at radius 3 is 2.44 bits per heavy atom. The van der Waals surface area contributed by atoms with E-state index in [0.29, 0.717) is 6.07 Å². The van der Waals surface area contributed by atoms with Gasteiger partial charge in [-0.2, -0.15) is 18.3 Å². The Morgan fingerprint density at radius 1 is 1.16 bits per heavy atom. The number of hydrogen-bond donors (Lipinski definition) is 1. The molecule has 0 bridgehead atoms. The molecular formula is C20H16F6N4O2. The first-order valence-corrected chi connectivity index (χ1v) is 9.52. The summed E-state index contributed by atoms with van der Waals surface area (Å²) in [5.74, 6) is -2.12. The van der Waals surface area contributed by atoms with E-state index in [1.54, 1.807) is 0 Å². The van der Waals surface area contributed by atoms with E-state index in [2.05, 4.69) is 10.4 Å². The topological polar surface area (TPSA) is 68.9 Å². The summed E-state index contributed by atoms with van der Waals surface area (Å²) in [6, 6.07) is 0.858. The zero-order chi connectivity index (χ0) is 23.4. The maximum Gasteiger partial charge on any atom is 0.419 e. The van der Waals surface area contributed by atoms with Crippen molar-refractivity contribution in [2.45, 2.75) is 37.5 Å². The number of alkyl halides is 5. The Labute approximate surface area is 176 Å². The number of rotatable bonds is 5. The summed E-state index contributed by atoms with van der Waals surface area (Å²) in [5.41, 5.74) is -3.70. The Bertz CT molecular complexity index is 1310. The van der Waals surface area contributed by atoms with Crippen LogP contribution in [0, 0.1) is 5.82 Å². The minimum atomic E-state index is -5.07. The van der Waals surface area contributed by atoms with E-state index in [4.69, 9.17) is 0 Å². The number of nitrogens with zero attached hydrogens (tertiary/aromatic N) is 3. The van der Waals surface area contributed by atoms with Crippen molar-refractivity contribution in [1.82, 2.24) is 14.3 Å². The van der Waals surface area contributed by atoms with Crippen molar-refractivity contribution in [1.29, 1.82) is 0 Å². The number of aromatic nitrogens is 3. The highest BCUT2D eigenvalue weighted by Crippen LogP contribution is 2.37. The number of nitrogens with one attached hydrogen (secondary N) is 1. The molecule has 0 radical (unpaired) electrons. The van der Waals surface area contributed by atoms with Crippen LogP contribution in [-0.2, 0) is 13.2 Å². The van der Waals surface area contributed by atoms with Crippen LogP contribution in [0.1, 0.15) is 36.1 Å². The Morgan fingerprint density at radius 2 is 1.84 bits per heavy atom. The number of hydrogen-bond acceptors (Lipinski definition) is 4. The maximum absolute atomic E-state index is 14.6. The van der Waals surface area contributed by atoms with E-state index in [1.807, 2.05) is 0 Å². The number of halogens is 6. The summed E-state index contributed by atoms with van der Waals surface area (Å²) >= 11 is 0. The van der Waals surface area contributed by atoms with Crippen LogP contribution in [0.15, 0.2) is 40.1 Å². The third kappa shape index (κ3) is 3.84. The average Bonchev–Trinajstić information content (AvgIpc) is 3.54. The average molecular weight is 458 g/mol. The molecule has 4 rings (SSSR count). The largest absolute Gasteiger partial charge is 0.419 e. The normalized spacial score (nSPS) is 15.4. The standard InChI is InChI=1S/C20H16F6N4O2/c1-29-19(32)11-7-14(31)30(9-5-6-9)8-12(11)18(28-29)27-16(17(22)23)10-3-2-4-13(15(10)21)20(24,25)26/h2-4,7-9,16-17H,5-6H2,1H3,(H,27,28)/t16-/m0/s1. The molecule has 0 saturated heterocycles. The van der Waals surface area contributed by atoms with Gasteiger partial charge in [-0.05, 0) is 18.9 Å². The van der Waals surface area contributed by atoms with Crippen LogP contribution < -0.4 is 16.4 Å². The fraction of sp³-hybridized carbons (Fsp3) is 0.350. The first kappa shape index (κ1) is 21.9. The summed E-state index contributed by atoms with van der Waals surface area (Å²) < 4.78 is 83.6. The molecule has 0 unspecified atom stereocenters. The van der Waals surface area contributed by atoms with Gasteiger partial charge >= 0.3 is 6.18 Å². The second-order valence-corrected chi connectivity index (χ2v) is 7.52. The molecule has 1 aliphatic carbocycles. The van der Waals surface area contributed by atoms with Gasteiger partial charge in [-0.15, -0.1) is 0 Å². The van der Waals surface area contributed by atoms with Crippen molar-refractivity contribution in [2.75, 3.05) is 5.32 Å². The van der Waals surface area contributed by atoms with Crippen LogP contribution in [0.2, 0.25) is 0 Å². The molecule has 1 saturated carbocycles. The van der Waals surface area contributed by atoms with Gasteiger partial charge in [0, 0.05) is 36.3 Å². The van der Waals surface area contributed by atoms with Gasteiger partial charge in [0.15, 0.2) is 5.82 Å². The summed E-state index contributed by atoms with van der Waals surface area (Å²) in [6.07, 6.45) is -5.65. The SMILES string of the molecule is Cn1nc(N[C@@H](c2cccc(C(F)(F)F)c2F)C(F)F)c2cn(C3CC3)c(=O)cc2c1=O. The molecular weight excluding hydrogens is 442 g/mol. The molecule has 1 N–H and O–H groups in total. The molecule has 1 atom stereocenters. The summed E-state index contributed by atoms with van der Waals surface area (Å²) in [7, 11) is 1.22. The van der Waals surface area contributed by atoms with Crippen molar-refractivity contribution >= 4 is 16.6 Å². The Hall–Kier alpha value is -3.31. The van der Waals surface area contributed by atoms with Crippen LogP contribution in [0.5, 0.6) is 0 Å². The van der Waals surface area contributed by atoms with Crippen LogP contribution in [-0.4, -0.2) is 20.8 Å². The third-order valence-electron chi connectivity index (χ3n) is 5.26. The smallest absolute Gasteiger partial charge is 0.356 e. The number of pyridine rings is 1. The van der Waals surface area contributed by atoms with Crippen molar-refractivity contribution in [2.24, 2.45) is 7.05 Å². The van der Waals surface area contributed by atoms with Gasteiger partial charge in [0.2, 0.25) is 0 Å². The van der Waals surface area contributed by atoms with Crippen LogP contribution >= 0.6 is 0 Å². The van der Waals surface area contributed by atoms with E-state index < -0.39 is 46.7 Å². The zero-order valence-corrected chi connectivity index (χ0v) is 16.5. The second-order valence-electron chi connectivity index (χ2n) is 7.52. The molecule has 1 aliphatic rings. The molecule has 0 spiro atoms. The summed E-state index contributed by atoms with van der Waals surface area (Å²) in [5, 5.41) is 6.11. The highest BCUT2D eigenvalue weighted by atomic mass is 19.4. The van der Waals surface area contributed by atoms with Gasteiger partial charge < -0.3 is 9.88 Å². The fourth-order valence-corrected chi connectivity index (χ4v) is 3.51. The van der Waals surface area contributed by atoms with Gasteiger partial charge in [0.05, 0.1) is 10.9 Å². The van der Waals surface area contributed by atoms with Crippen LogP contribution in [0.4, 0.5) is 32.2 Å². The van der Waals surface area contributed by atoms with Crippen molar-refractivity contribution < 1.29 is 26.3 Å². The van der Waals surface area contributed by atoms with Gasteiger partial charge in [-0.25, -0.2) is 17.9 Å². The highest BCUT2D eigenvalue weighted by Gasteiger charge is 2.37. The quantitative estimate of drug-likeness (QED) is 0.587. The van der Waals surface area contributed by atoms with Gasteiger partial charge in [-0.3, -0.25) is 9.59 Å². The molecule has 3 aromatic rings. The maximum atomic E-state index is 14.6. The monoisotopic (exact) mass is 458 g/mol. The lowest BCUT2D eigenvalue weighted by Gasteiger charge is -2.22. The first-order chi connectivity index (χ1) is 15.0. The minimum Gasteiger partial charge on any atom is -0.356 e. The highest BCUT2D eigenvalue weighted by molar-refractivity contribution is 5.90. The first-order valence-electron chi connectivity index (χ1n) is 9.52. The van der Waals surface area contributed by atoms with E-state index in [1.165, 1.54) is 17.8 Å². The second kappa shape index (κ2) is 7.68. The Balaban J connectivity index is 1.87. The molecule has 1 aromatic carbocycles. The zero-order valence-electron chi connectivity index (χ0n) is 16.5. The van der Waals surface area contributed by atoms with Crippen molar-refractivity contribution in [3.63, 3.8) is 0 Å². The van der Waals surface area contributed by atoms with Gasteiger partial charge in [0.25, 0.3) is 17.5 Å². The lowest BCUT2D eigenvalue weighted by Crippen LogP contribution is -2.28. The molecule has 32 heavy (non-hydrogen) atoms. The lowest BCUT2D eigenvalue weighted by atomic mass is 10.0. The number of anilines is 1. The fourth-order valence-electron chi connectivity index (χ4n) is 3.51. The molecule has 2 heterocycles. The predicted octanol–water partition coefficient (Wildman–Crippen LogP) is 4.01. The predicted molar refractivity (Wildman–Crippen MR) is 103 cm³/mol. The Kier molecular flexibility index (Phi) is 5.25. The lowest BCUT2D eigenvalue weighted by molar-refractivity contribution is -0.140. The number of fused-ring (bicyclic) bond motifs is 1. The molecule has 12 heteroatoms. The summed E-state index contributed by atoms with van der Waals surface area (Å²) in [4.78, 5) is 24.7. The van der Waals surface area contributed by atoms with E-state index in [9.17, 15) is 35.9 Å². The van der Waals surface area contributed by atoms with Gasteiger partial charge in [-0.1, -0.05) is 12.1 Å². The van der Waals surface area contributed by atoms with Crippen molar-refractivity contribution in [3.8, 4) is 0 Å². The summed E-state index contributed by atoms with van der Waals surface area (Å²) in [6.45, 7) is 0. The molecule has 6 nitrogen and oxygen atoms in total. The van der Waals surface area contributed by atoms with E-state index in [0.717, 1.165) is 35.7 Å².